The summed E-state index contributed by atoms with van der Waals surface area (Å²) in [6.07, 6.45) is 5.54. The minimum atomic E-state index is -0.792. The van der Waals surface area contributed by atoms with Crippen LogP contribution in [0.3, 0.4) is 0 Å². The molecule has 1 unspecified atom stereocenters. The summed E-state index contributed by atoms with van der Waals surface area (Å²) in [5.74, 6) is -0.227. The molecular formula is C15H23N3O4. The Labute approximate surface area is 130 Å². The van der Waals surface area contributed by atoms with E-state index in [2.05, 4.69) is 15.3 Å². The molecule has 0 spiro atoms. The molecule has 0 aliphatic carbocycles. The maximum Gasteiger partial charge on any atom is 0.308 e. The maximum absolute atomic E-state index is 11.5. The molecule has 1 aromatic heterocycles. The van der Waals surface area contributed by atoms with Gasteiger partial charge in [-0.2, -0.15) is 0 Å². The Morgan fingerprint density at radius 3 is 2.86 bits per heavy atom. The highest BCUT2D eigenvalue weighted by atomic mass is 16.5. The van der Waals surface area contributed by atoms with Gasteiger partial charge in [0.25, 0.3) is 5.88 Å². The third kappa shape index (κ3) is 4.56. The zero-order valence-electron chi connectivity index (χ0n) is 12.8. The molecular weight excluding hydrogens is 286 g/mol. The predicted molar refractivity (Wildman–Crippen MR) is 81.0 cm³/mol. The van der Waals surface area contributed by atoms with E-state index in [4.69, 9.17) is 9.47 Å². The van der Waals surface area contributed by atoms with Crippen LogP contribution in [0.15, 0.2) is 12.4 Å². The number of hydrogen-bond acceptors (Lipinski definition) is 6. The summed E-state index contributed by atoms with van der Waals surface area (Å²) in [5.41, 5.74) is 0. The van der Waals surface area contributed by atoms with Crippen molar-refractivity contribution in [1.29, 1.82) is 0 Å². The first-order valence-corrected chi connectivity index (χ1v) is 7.70. The molecule has 7 heteroatoms. The lowest BCUT2D eigenvalue weighted by atomic mass is 9.86. The number of anilines is 1. The van der Waals surface area contributed by atoms with E-state index in [0.29, 0.717) is 38.1 Å². The first kappa shape index (κ1) is 16.5. The molecule has 1 aliphatic rings. The second-order valence-corrected chi connectivity index (χ2v) is 5.33. The van der Waals surface area contributed by atoms with Crippen LogP contribution in [0, 0.1) is 11.8 Å². The highest BCUT2D eigenvalue weighted by Crippen LogP contribution is 2.25. The summed E-state index contributed by atoms with van der Waals surface area (Å²) in [5, 5.41) is 12.5. The second-order valence-electron chi connectivity index (χ2n) is 5.33. The quantitative estimate of drug-likeness (QED) is 0.756. The number of ether oxygens (including phenoxy) is 2. The van der Waals surface area contributed by atoms with Gasteiger partial charge in [-0.05, 0) is 25.2 Å². The summed E-state index contributed by atoms with van der Waals surface area (Å²) in [6, 6.07) is 0. The van der Waals surface area contributed by atoms with Crippen molar-refractivity contribution in [3.63, 3.8) is 0 Å². The highest BCUT2D eigenvalue weighted by Gasteiger charge is 2.29. The van der Waals surface area contributed by atoms with E-state index in [9.17, 15) is 9.90 Å². The van der Waals surface area contributed by atoms with Gasteiger partial charge in [0.1, 0.15) is 0 Å². The Bertz CT molecular complexity index is 478. The Morgan fingerprint density at radius 2 is 2.18 bits per heavy atom. The Balaban J connectivity index is 1.98. The minimum Gasteiger partial charge on any atom is -0.481 e. The zero-order valence-corrected chi connectivity index (χ0v) is 12.8. The molecule has 1 aliphatic heterocycles. The van der Waals surface area contributed by atoms with Gasteiger partial charge in [-0.25, -0.2) is 9.97 Å². The van der Waals surface area contributed by atoms with E-state index in [0.717, 1.165) is 19.3 Å². The standard InChI is InChI=1S/C15H23N3O4/c1-2-7-22-14-13(16-5-6-17-14)18-10-12(15(19)20)11-3-8-21-9-4-11/h5-6,11-12H,2-4,7-10H2,1H3,(H,16,18)(H,19,20). The van der Waals surface area contributed by atoms with Gasteiger partial charge < -0.3 is 19.9 Å². The van der Waals surface area contributed by atoms with Crippen molar-refractivity contribution in [2.75, 3.05) is 31.7 Å². The lowest BCUT2D eigenvalue weighted by molar-refractivity contribution is -0.144. The molecule has 2 rings (SSSR count). The predicted octanol–water partition coefficient (Wildman–Crippen LogP) is 1.80. The first-order valence-electron chi connectivity index (χ1n) is 7.70. The van der Waals surface area contributed by atoms with Crippen molar-refractivity contribution in [3.8, 4) is 5.88 Å². The van der Waals surface area contributed by atoms with Crippen molar-refractivity contribution in [2.24, 2.45) is 11.8 Å². The van der Waals surface area contributed by atoms with Crippen molar-refractivity contribution in [1.82, 2.24) is 9.97 Å². The maximum atomic E-state index is 11.5. The molecule has 22 heavy (non-hydrogen) atoms. The third-order valence-electron chi connectivity index (χ3n) is 3.75. The van der Waals surface area contributed by atoms with Crippen LogP contribution in [-0.4, -0.2) is 47.4 Å². The van der Waals surface area contributed by atoms with Gasteiger partial charge in [0, 0.05) is 32.2 Å². The topological polar surface area (TPSA) is 93.6 Å². The minimum absolute atomic E-state index is 0.121. The van der Waals surface area contributed by atoms with Crippen LogP contribution in [0.4, 0.5) is 5.82 Å². The normalized spacial score (nSPS) is 17.0. The van der Waals surface area contributed by atoms with E-state index >= 15 is 0 Å². The summed E-state index contributed by atoms with van der Waals surface area (Å²) < 4.78 is 10.8. The van der Waals surface area contributed by atoms with Gasteiger partial charge in [0.05, 0.1) is 12.5 Å². The fourth-order valence-corrected chi connectivity index (χ4v) is 2.53. The number of aromatic nitrogens is 2. The van der Waals surface area contributed by atoms with E-state index in [1.54, 1.807) is 12.4 Å². The lowest BCUT2D eigenvalue weighted by Gasteiger charge is -2.27. The summed E-state index contributed by atoms with van der Waals surface area (Å²) >= 11 is 0. The van der Waals surface area contributed by atoms with Crippen molar-refractivity contribution in [3.05, 3.63) is 12.4 Å². The molecule has 1 aromatic rings. The molecule has 0 saturated carbocycles. The molecule has 2 heterocycles. The molecule has 1 fully saturated rings. The number of rotatable bonds is 8. The second kappa shape index (κ2) is 8.53. The lowest BCUT2D eigenvalue weighted by Crippen LogP contribution is -2.34. The molecule has 0 amide bonds. The van der Waals surface area contributed by atoms with Gasteiger partial charge in [-0.3, -0.25) is 4.79 Å². The zero-order chi connectivity index (χ0) is 15.8. The molecule has 1 atom stereocenters. The monoisotopic (exact) mass is 309 g/mol. The SMILES string of the molecule is CCCOc1nccnc1NCC(C(=O)O)C1CCOCC1. The van der Waals surface area contributed by atoms with E-state index in [1.165, 1.54) is 0 Å². The Morgan fingerprint density at radius 1 is 1.45 bits per heavy atom. The number of aliphatic carboxylic acids is 1. The van der Waals surface area contributed by atoms with E-state index in [-0.39, 0.29) is 5.92 Å². The first-order chi connectivity index (χ1) is 10.7. The fraction of sp³-hybridized carbons (Fsp3) is 0.667. The van der Waals surface area contributed by atoms with Crippen LogP contribution < -0.4 is 10.1 Å². The fourth-order valence-electron chi connectivity index (χ4n) is 2.53. The van der Waals surface area contributed by atoms with Gasteiger partial charge in [-0.1, -0.05) is 6.92 Å². The van der Waals surface area contributed by atoms with Crippen molar-refractivity contribution < 1.29 is 19.4 Å². The third-order valence-corrected chi connectivity index (χ3v) is 3.75. The Kier molecular flexibility index (Phi) is 6.39. The van der Waals surface area contributed by atoms with Gasteiger partial charge in [0.2, 0.25) is 0 Å². The van der Waals surface area contributed by atoms with Crippen LogP contribution in [-0.2, 0) is 9.53 Å². The van der Waals surface area contributed by atoms with Crippen LogP contribution >= 0.6 is 0 Å². The van der Waals surface area contributed by atoms with Crippen LogP contribution in [0.1, 0.15) is 26.2 Å². The molecule has 0 aromatic carbocycles. The van der Waals surface area contributed by atoms with Crippen LogP contribution in [0.25, 0.3) is 0 Å². The number of carboxylic acids is 1. The number of carboxylic acid groups (broad SMARTS) is 1. The molecule has 0 bridgehead atoms. The molecule has 122 valence electrons. The molecule has 0 radical (unpaired) electrons. The highest BCUT2D eigenvalue weighted by molar-refractivity contribution is 5.71. The van der Waals surface area contributed by atoms with Crippen molar-refractivity contribution in [2.45, 2.75) is 26.2 Å². The molecule has 7 nitrogen and oxygen atoms in total. The summed E-state index contributed by atoms with van der Waals surface area (Å²) in [4.78, 5) is 19.9. The van der Waals surface area contributed by atoms with Gasteiger partial charge in [0.15, 0.2) is 5.82 Å². The number of nitrogens with zero attached hydrogens (tertiary/aromatic N) is 2. The largest absolute Gasteiger partial charge is 0.481 e. The number of hydrogen-bond donors (Lipinski definition) is 2. The number of carbonyl (C=O) groups is 1. The Hall–Kier alpha value is -1.89. The summed E-state index contributed by atoms with van der Waals surface area (Å²) in [6.45, 7) is 4.13. The smallest absolute Gasteiger partial charge is 0.308 e. The summed E-state index contributed by atoms with van der Waals surface area (Å²) in [7, 11) is 0. The van der Waals surface area contributed by atoms with Crippen LogP contribution in [0.5, 0.6) is 5.88 Å². The average molecular weight is 309 g/mol. The average Bonchev–Trinajstić information content (AvgIpc) is 2.55. The van der Waals surface area contributed by atoms with Crippen LogP contribution in [0.2, 0.25) is 0 Å². The van der Waals surface area contributed by atoms with Gasteiger partial charge in [-0.15, -0.1) is 0 Å². The molecule has 2 N–H and O–H groups in total. The molecule has 1 saturated heterocycles. The van der Waals surface area contributed by atoms with Gasteiger partial charge >= 0.3 is 5.97 Å². The van der Waals surface area contributed by atoms with E-state index < -0.39 is 11.9 Å². The number of nitrogens with one attached hydrogen (secondary N) is 1. The van der Waals surface area contributed by atoms with E-state index in [1.807, 2.05) is 6.92 Å². The van der Waals surface area contributed by atoms with Crippen molar-refractivity contribution >= 4 is 11.8 Å².